The molecular formula is C10H16N6O. The Morgan fingerprint density at radius 2 is 2.29 bits per heavy atom. The lowest BCUT2D eigenvalue weighted by Crippen LogP contribution is -2.40. The largest absolute Gasteiger partial charge is 0.354 e. The quantitative estimate of drug-likeness (QED) is 0.685. The van der Waals surface area contributed by atoms with E-state index in [1.165, 1.54) is 6.20 Å². The Bertz CT molecular complexity index is 591. The highest BCUT2D eigenvalue weighted by Crippen LogP contribution is 2.07. The van der Waals surface area contributed by atoms with Crippen molar-refractivity contribution in [2.45, 2.75) is 19.4 Å². The van der Waals surface area contributed by atoms with Gasteiger partial charge in [-0.25, -0.2) is 0 Å². The molecule has 2 aromatic heterocycles. The van der Waals surface area contributed by atoms with Crippen LogP contribution in [-0.4, -0.2) is 31.8 Å². The van der Waals surface area contributed by atoms with E-state index < -0.39 is 0 Å². The topological polar surface area (TPSA) is 102 Å². The van der Waals surface area contributed by atoms with Crippen molar-refractivity contribution < 1.29 is 0 Å². The second-order valence-electron chi connectivity index (χ2n) is 4.76. The predicted molar refractivity (Wildman–Crippen MR) is 65.9 cm³/mol. The van der Waals surface area contributed by atoms with Crippen LogP contribution in [0.25, 0.3) is 11.0 Å². The molecule has 17 heavy (non-hydrogen) atoms. The molecule has 0 aromatic carbocycles. The molecule has 0 unspecified atom stereocenters. The minimum atomic E-state index is -0.375. The van der Waals surface area contributed by atoms with Crippen molar-refractivity contribution in [2.75, 3.05) is 11.9 Å². The molecule has 0 aliphatic carbocycles. The van der Waals surface area contributed by atoms with Crippen molar-refractivity contribution in [1.29, 1.82) is 0 Å². The van der Waals surface area contributed by atoms with E-state index in [4.69, 9.17) is 5.73 Å². The predicted octanol–water partition coefficient (Wildman–Crippen LogP) is -0.194. The molecule has 2 rings (SSSR count). The van der Waals surface area contributed by atoms with Crippen LogP contribution >= 0.6 is 0 Å². The van der Waals surface area contributed by atoms with E-state index in [9.17, 15) is 4.79 Å². The standard InChI is InChI=1S/C10H16N6O/c1-10(2,11)5-12-9-14-7-6(8(17)15-9)4-13-16(7)3/h4H,5,11H2,1-3H3,(H2,12,14,15,17). The van der Waals surface area contributed by atoms with Gasteiger partial charge in [-0.05, 0) is 13.8 Å². The molecule has 0 amide bonds. The fourth-order valence-electron chi connectivity index (χ4n) is 1.43. The van der Waals surface area contributed by atoms with Gasteiger partial charge in [0.15, 0.2) is 5.65 Å². The summed E-state index contributed by atoms with van der Waals surface area (Å²) in [5.41, 5.74) is 5.81. The van der Waals surface area contributed by atoms with Crippen molar-refractivity contribution in [3.63, 3.8) is 0 Å². The zero-order chi connectivity index (χ0) is 12.6. The van der Waals surface area contributed by atoms with Gasteiger partial charge in [0.1, 0.15) is 5.39 Å². The van der Waals surface area contributed by atoms with Crippen molar-refractivity contribution in [2.24, 2.45) is 12.8 Å². The van der Waals surface area contributed by atoms with E-state index in [-0.39, 0.29) is 11.1 Å². The van der Waals surface area contributed by atoms with Gasteiger partial charge in [0, 0.05) is 19.1 Å². The van der Waals surface area contributed by atoms with Crippen LogP contribution in [0, 0.1) is 0 Å². The van der Waals surface area contributed by atoms with E-state index in [0.29, 0.717) is 23.5 Å². The molecule has 2 heterocycles. The Morgan fingerprint density at radius 3 is 2.94 bits per heavy atom. The maximum Gasteiger partial charge on any atom is 0.263 e. The van der Waals surface area contributed by atoms with Gasteiger partial charge in [-0.15, -0.1) is 0 Å². The molecule has 0 bridgehead atoms. The van der Waals surface area contributed by atoms with Gasteiger partial charge in [0.25, 0.3) is 5.56 Å². The monoisotopic (exact) mass is 236 g/mol. The van der Waals surface area contributed by atoms with Crippen LogP contribution in [-0.2, 0) is 7.05 Å². The van der Waals surface area contributed by atoms with E-state index in [2.05, 4.69) is 20.4 Å². The summed E-state index contributed by atoms with van der Waals surface area (Å²) < 4.78 is 1.56. The minimum absolute atomic E-state index is 0.208. The number of aromatic amines is 1. The molecule has 7 heteroatoms. The maximum atomic E-state index is 11.7. The maximum absolute atomic E-state index is 11.7. The number of aromatic nitrogens is 4. The summed E-state index contributed by atoms with van der Waals surface area (Å²) >= 11 is 0. The van der Waals surface area contributed by atoms with E-state index in [0.717, 1.165) is 0 Å². The number of aryl methyl sites for hydroxylation is 1. The third-order valence-electron chi connectivity index (χ3n) is 2.31. The van der Waals surface area contributed by atoms with Crippen LogP contribution in [0.1, 0.15) is 13.8 Å². The normalized spacial score (nSPS) is 12.0. The van der Waals surface area contributed by atoms with Gasteiger partial charge < -0.3 is 11.1 Å². The van der Waals surface area contributed by atoms with Crippen LogP contribution in [0.5, 0.6) is 0 Å². The highest BCUT2D eigenvalue weighted by Gasteiger charge is 2.12. The first-order chi connectivity index (χ1) is 7.87. The summed E-state index contributed by atoms with van der Waals surface area (Å²) in [5.74, 6) is 0.407. The van der Waals surface area contributed by atoms with Crippen molar-refractivity contribution in [1.82, 2.24) is 19.7 Å². The van der Waals surface area contributed by atoms with Crippen LogP contribution in [0.4, 0.5) is 5.95 Å². The second kappa shape index (κ2) is 3.85. The Hall–Kier alpha value is -1.89. The molecule has 0 fully saturated rings. The van der Waals surface area contributed by atoms with Crippen LogP contribution in [0.3, 0.4) is 0 Å². The SMILES string of the molecule is Cn1ncc2c(=O)[nH]c(NCC(C)(C)N)nc21. The molecule has 0 atom stereocenters. The number of H-pyrrole nitrogens is 1. The molecule has 0 aliphatic heterocycles. The van der Waals surface area contributed by atoms with E-state index in [1.807, 2.05) is 13.8 Å². The molecule has 7 nitrogen and oxygen atoms in total. The van der Waals surface area contributed by atoms with Crippen molar-refractivity contribution >= 4 is 17.0 Å². The highest BCUT2D eigenvalue weighted by molar-refractivity contribution is 5.74. The molecule has 4 N–H and O–H groups in total. The molecule has 0 saturated carbocycles. The number of rotatable bonds is 3. The van der Waals surface area contributed by atoms with Gasteiger partial charge in [0.05, 0.1) is 6.20 Å². The van der Waals surface area contributed by atoms with Gasteiger partial charge in [-0.1, -0.05) is 0 Å². The summed E-state index contributed by atoms with van der Waals surface area (Å²) in [6.45, 7) is 4.29. The third-order valence-corrected chi connectivity index (χ3v) is 2.31. The lowest BCUT2D eigenvalue weighted by Gasteiger charge is -2.18. The fraction of sp³-hybridized carbons (Fsp3) is 0.500. The average Bonchev–Trinajstić information content (AvgIpc) is 2.57. The molecule has 0 aliphatic rings. The molecule has 2 aromatic rings. The van der Waals surface area contributed by atoms with Gasteiger partial charge in [0.2, 0.25) is 5.95 Å². The summed E-state index contributed by atoms with van der Waals surface area (Å²) in [4.78, 5) is 18.6. The first-order valence-corrected chi connectivity index (χ1v) is 5.31. The molecular weight excluding hydrogens is 220 g/mol. The van der Waals surface area contributed by atoms with Crippen LogP contribution in [0.2, 0.25) is 0 Å². The first-order valence-electron chi connectivity index (χ1n) is 5.31. The van der Waals surface area contributed by atoms with E-state index >= 15 is 0 Å². The fourth-order valence-corrected chi connectivity index (χ4v) is 1.43. The number of nitrogens with zero attached hydrogens (tertiary/aromatic N) is 3. The van der Waals surface area contributed by atoms with Crippen molar-refractivity contribution in [3.05, 3.63) is 16.6 Å². The molecule has 92 valence electrons. The Balaban J connectivity index is 2.36. The number of nitrogens with two attached hydrogens (primary N) is 1. The average molecular weight is 236 g/mol. The summed E-state index contributed by atoms with van der Waals surface area (Å²) in [6, 6.07) is 0. The minimum Gasteiger partial charge on any atom is -0.354 e. The Labute approximate surface area is 98.0 Å². The van der Waals surface area contributed by atoms with Crippen molar-refractivity contribution in [3.8, 4) is 0 Å². The number of nitrogens with one attached hydrogen (secondary N) is 2. The zero-order valence-electron chi connectivity index (χ0n) is 10.1. The number of fused-ring (bicyclic) bond motifs is 1. The molecule has 0 radical (unpaired) electrons. The first kappa shape index (κ1) is 11.6. The molecule has 0 saturated heterocycles. The number of hydrogen-bond acceptors (Lipinski definition) is 5. The Morgan fingerprint density at radius 1 is 1.59 bits per heavy atom. The lowest BCUT2D eigenvalue weighted by atomic mass is 10.1. The number of anilines is 1. The van der Waals surface area contributed by atoms with Gasteiger partial charge in [-0.3, -0.25) is 14.5 Å². The second-order valence-corrected chi connectivity index (χ2v) is 4.76. The summed E-state index contributed by atoms with van der Waals surface area (Å²) in [7, 11) is 1.74. The third kappa shape index (κ3) is 2.44. The summed E-state index contributed by atoms with van der Waals surface area (Å²) in [5, 5.41) is 7.47. The highest BCUT2D eigenvalue weighted by atomic mass is 16.1. The Kier molecular flexibility index (Phi) is 2.62. The zero-order valence-corrected chi connectivity index (χ0v) is 10.1. The molecule has 0 spiro atoms. The number of hydrogen-bond donors (Lipinski definition) is 3. The smallest absolute Gasteiger partial charge is 0.263 e. The van der Waals surface area contributed by atoms with E-state index in [1.54, 1.807) is 11.7 Å². The summed E-state index contributed by atoms with van der Waals surface area (Å²) in [6.07, 6.45) is 1.50. The van der Waals surface area contributed by atoms with Crippen LogP contribution < -0.4 is 16.6 Å². The van der Waals surface area contributed by atoms with Gasteiger partial charge >= 0.3 is 0 Å². The van der Waals surface area contributed by atoms with Gasteiger partial charge in [-0.2, -0.15) is 10.1 Å². The van der Waals surface area contributed by atoms with Crippen LogP contribution in [0.15, 0.2) is 11.0 Å². The lowest BCUT2D eigenvalue weighted by molar-refractivity contribution is 0.547.